The van der Waals surface area contributed by atoms with Crippen LogP contribution in [0.1, 0.15) is 25.7 Å². The van der Waals surface area contributed by atoms with E-state index in [1.807, 2.05) is 0 Å². The normalized spacial score (nSPS) is 14.7. The molecule has 1 fully saturated rings. The predicted octanol–water partition coefficient (Wildman–Crippen LogP) is 3.33. The summed E-state index contributed by atoms with van der Waals surface area (Å²) in [4.78, 5) is 12.1. The fraction of sp³-hybridized carbons (Fsp3) is 0.562. The number of rotatable bonds is 7. The monoisotopic (exact) mass is 325 g/mol. The number of carbonyl (C=O) groups is 1. The van der Waals surface area contributed by atoms with Crippen molar-refractivity contribution in [3.8, 4) is 17.2 Å². The fourth-order valence-corrected chi connectivity index (χ4v) is 3.72. The molecule has 1 aromatic rings. The summed E-state index contributed by atoms with van der Waals surface area (Å²) in [6.45, 7) is 0. The first-order chi connectivity index (χ1) is 10.7. The molecule has 22 heavy (non-hydrogen) atoms. The summed E-state index contributed by atoms with van der Waals surface area (Å²) in [5.41, 5.74) is 0.645. The zero-order valence-electron chi connectivity index (χ0n) is 13.3. The number of carbonyl (C=O) groups excluding carboxylic acids is 1. The topological polar surface area (TPSA) is 56.8 Å². The molecule has 0 saturated heterocycles. The van der Waals surface area contributed by atoms with Crippen molar-refractivity contribution < 1.29 is 19.0 Å². The average Bonchev–Trinajstić information content (AvgIpc) is 3.05. The van der Waals surface area contributed by atoms with Crippen molar-refractivity contribution in [2.24, 2.45) is 0 Å². The van der Waals surface area contributed by atoms with Crippen molar-refractivity contribution in [3.05, 3.63) is 12.1 Å². The van der Waals surface area contributed by atoms with Gasteiger partial charge < -0.3 is 19.5 Å². The predicted molar refractivity (Wildman–Crippen MR) is 89.4 cm³/mol. The van der Waals surface area contributed by atoms with E-state index in [9.17, 15) is 4.79 Å². The van der Waals surface area contributed by atoms with Crippen LogP contribution in [0.2, 0.25) is 0 Å². The van der Waals surface area contributed by atoms with E-state index in [1.54, 1.807) is 45.2 Å². The van der Waals surface area contributed by atoms with Crippen LogP contribution in [-0.4, -0.2) is 38.2 Å². The highest BCUT2D eigenvalue weighted by Crippen LogP contribution is 2.40. The van der Waals surface area contributed by atoms with Crippen LogP contribution in [0.25, 0.3) is 0 Å². The number of methoxy groups -OCH3 is 3. The van der Waals surface area contributed by atoms with Gasteiger partial charge in [0, 0.05) is 23.1 Å². The quantitative estimate of drug-likeness (QED) is 0.833. The molecule has 1 aliphatic rings. The minimum atomic E-state index is -0.00817. The zero-order valence-corrected chi connectivity index (χ0v) is 14.1. The number of anilines is 1. The molecule has 1 aromatic carbocycles. The summed E-state index contributed by atoms with van der Waals surface area (Å²) in [5.74, 6) is 2.04. The van der Waals surface area contributed by atoms with Crippen molar-refractivity contribution in [1.29, 1.82) is 0 Å². The molecule has 2 rings (SSSR count). The van der Waals surface area contributed by atoms with Crippen molar-refractivity contribution in [2.45, 2.75) is 30.9 Å². The minimum absolute atomic E-state index is 0.00817. The molecule has 0 aromatic heterocycles. The molecular formula is C16H23NO4S. The van der Waals surface area contributed by atoms with Crippen LogP contribution in [0.4, 0.5) is 5.69 Å². The third-order valence-electron chi connectivity index (χ3n) is 3.70. The second-order valence-corrected chi connectivity index (χ2v) is 6.47. The van der Waals surface area contributed by atoms with Gasteiger partial charge in [0.1, 0.15) is 0 Å². The van der Waals surface area contributed by atoms with Gasteiger partial charge in [0.05, 0.1) is 27.1 Å². The Labute approximate surface area is 135 Å². The van der Waals surface area contributed by atoms with Crippen LogP contribution in [0.5, 0.6) is 17.2 Å². The summed E-state index contributed by atoms with van der Waals surface area (Å²) in [6.07, 6.45) is 5.02. The third kappa shape index (κ3) is 4.22. The Bertz CT molecular complexity index is 490. The Hall–Kier alpha value is -1.56. The van der Waals surface area contributed by atoms with Crippen LogP contribution in [-0.2, 0) is 4.79 Å². The van der Waals surface area contributed by atoms with Gasteiger partial charge in [-0.05, 0) is 12.8 Å². The molecule has 0 spiro atoms. The molecule has 0 atom stereocenters. The summed E-state index contributed by atoms with van der Waals surface area (Å²) >= 11 is 1.74. The van der Waals surface area contributed by atoms with Gasteiger partial charge in [0.2, 0.25) is 11.7 Å². The lowest BCUT2D eigenvalue weighted by atomic mass is 10.2. The lowest BCUT2D eigenvalue weighted by Crippen LogP contribution is -2.16. The summed E-state index contributed by atoms with van der Waals surface area (Å²) in [6, 6.07) is 3.47. The van der Waals surface area contributed by atoms with E-state index in [0.29, 0.717) is 33.9 Å². The van der Waals surface area contributed by atoms with Crippen molar-refractivity contribution >= 4 is 23.4 Å². The molecule has 1 N–H and O–H groups in total. The maximum Gasteiger partial charge on any atom is 0.234 e. The van der Waals surface area contributed by atoms with Crippen LogP contribution in [0.3, 0.4) is 0 Å². The van der Waals surface area contributed by atoms with E-state index in [2.05, 4.69) is 5.32 Å². The highest BCUT2D eigenvalue weighted by Gasteiger charge is 2.18. The van der Waals surface area contributed by atoms with Gasteiger partial charge in [0.25, 0.3) is 0 Å². The molecule has 0 aliphatic heterocycles. The van der Waals surface area contributed by atoms with Gasteiger partial charge >= 0.3 is 0 Å². The Balaban J connectivity index is 2.00. The summed E-state index contributed by atoms with van der Waals surface area (Å²) in [5, 5.41) is 3.52. The van der Waals surface area contributed by atoms with E-state index < -0.39 is 0 Å². The van der Waals surface area contributed by atoms with Crippen molar-refractivity contribution in [2.75, 3.05) is 32.4 Å². The molecule has 6 heteroatoms. The van der Waals surface area contributed by atoms with Gasteiger partial charge in [0.15, 0.2) is 11.5 Å². The van der Waals surface area contributed by atoms with Gasteiger partial charge in [-0.2, -0.15) is 0 Å². The second-order valence-electron chi connectivity index (χ2n) is 5.18. The Morgan fingerprint density at radius 2 is 1.73 bits per heavy atom. The maximum absolute atomic E-state index is 12.1. The fourth-order valence-electron chi connectivity index (χ4n) is 2.60. The van der Waals surface area contributed by atoms with E-state index in [0.717, 1.165) is 0 Å². The lowest BCUT2D eigenvalue weighted by molar-refractivity contribution is -0.113. The molecular weight excluding hydrogens is 302 g/mol. The minimum Gasteiger partial charge on any atom is -0.493 e. The largest absolute Gasteiger partial charge is 0.493 e. The number of hydrogen-bond donors (Lipinski definition) is 1. The first-order valence-electron chi connectivity index (χ1n) is 7.39. The van der Waals surface area contributed by atoms with E-state index in [1.165, 1.54) is 25.7 Å². The van der Waals surface area contributed by atoms with E-state index >= 15 is 0 Å². The Morgan fingerprint density at radius 1 is 1.14 bits per heavy atom. The van der Waals surface area contributed by atoms with Crippen LogP contribution in [0.15, 0.2) is 12.1 Å². The smallest absolute Gasteiger partial charge is 0.234 e. The molecule has 1 saturated carbocycles. The van der Waals surface area contributed by atoms with Gasteiger partial charge in [-0.3, -0.25) is 4.79 Å². The number of ether oxygens (including phenoxy) is 3. The third-order valence-corrected chi connectivity index (χ3v) is 5.07. The van der Waals surface area contributed by atoms with Crippen molar-refractivity contribution in [1.82, 2.24) is 0 Å². The number of nitrogens with one attached hydrogen (secondary N) is 1. The molecule has 0 heterocycles. The van der Waals surface area contributed by atoms with Crippen molar-refractivity contribution in [3.63, 3.8) is 0 Å². The zero-order chi connectivity index (χ0) is 15.9. The molecule has 1 aliphatic carbocycles. The van der Waals surface area contributed by atoms with E-state index in [4.69, 9.17) is 14.2 Å². The standard InChI is InChI=1S/C16H23NO4S/c1-19-13-8-11(9-14(20-2)16(13)21-3)17-15(18)10-22-12-6-4-5-7-12/h8-9,12H,4-7,10H2,1-3H3,(H,17,18). The van der Waals surface area contributed by atoms with Crippen LogP contribution < -0.4 is 19.5 Å². The first-order valence-corrected chi connectivity index (χ1v) is 8.44. The Kier molecular flexibility index (Phi) is 6.24. The lowest BCUT2D eigenvalue weighted by Gasteiger charge is -2.15. The van der Waals surface area contributed by atoms with Gasteiger partial charge in [-0.15, -0.1) is 11.8 Å². The number of thioether (sulfide) groups is 1. The first kappa shape index (κ1) is 16.8. The highest BCUT2D eigenvalue weighted by molar-refractivity contribution is 8.00. The summed E-state index contributed by atoms with van der Waals surface area (Å²) < 4.78 is 15.8. The molecule has 1 amide bonds. The number of benzene rings is 1. The number of hydrogen-bond acceptors (Lipinski definition) is 5. The van der Waals surface area contributed by atoms with E-state index in [-0.39, 0.29) is 5.91 Å². The molecule has 0 unspecified atom stereocenters. The van der Waals surface area contributed by atoms with Crippen LogP contribution in [0, 0.1) is 0 Å². The molecule has 0 radical (unpaired) electrons. The average molecular weight is 325 g/mol. The summed E-state index contributed by atoms with van der Waals surface area (Å²) in [7, 11) is 4.66. The Morgan fingerprint density at radius 3 is 2.23 bits per heavy atom. The highest BCUT2D eigenvalue weighted by atomic mass is 32.2. The SMILES string of the molecule is COc1cc(NC(=O)CSC2CCCC2)cc(OC)c1OC. The van der Waals surface area contributed by atoms with Crippen LogP contribution >= 0.6 is 11.8 Å². The van der Waals surface area contributed by atoms with Gasteiger partial charge in [-0.25, -0.2) is 0 Å². The number of amides is 1. The molecule has 122 valence electrons. The second kappa shape index (κ2) is 8.17. The van der Waals surface area contributed by atoms with Gasteiger partial charge in [-0.1, -0.05) is 12.8 Å². The molecule has 0 bridgehead atoms. The molecule has 5 nitrogen and oxygen atoms in total. The maximum atomic E-state index is 12.1.